The normalized spacial score (nSPS) is 27.7. The molecule has 2 heterocycles. The smallest absolute Gasteiger partial charge is 0.308 e. The lowest BCUT2D eigenvalue weighted by Crippen LogP contribution is -2.52. The van der Waals surface area contributed by atoms with Crippen molar-refractivity contribution in [2.75, 3.05) is 31.1 Å². The van der Waals surface area contributed by atoms with Crippen molar-refractivity contribution in [2.45, 2.75) is 25.3 Å². The van der Waals surface area contributed by atoms with E-state index in [1.54, 1.807) is 12.4 Å². The van der Waals surface area contributed by atoms with E-state index in [-0.39, 0.29) is 12.0 Å². The van der Waals surface area contributed by atoms with Crippen LogP contribution in [0.15, 0.2) is 18.5 Å². The van der Waals surface area contributed by atoms with Gasteiger partial charge in [-0.1, -0.05) is 6.42 Å². The highest BCUT2D eigenvalue weighted by molar-refractivity contribution is 5.71. The standard InChI is InChI=1S/C14H20N4O2/c19-13(20)11-3-1-4-12(11)17-7-9-18(10-8-17)14-15-5-2-6-16-14/h2,5-6,11-12H,1,3-4,7-10H2,(H,19,20). The Hall–Kier alpha value is -1.69. The number of nitrogens with zero attached hydrogens (tertiary/aromatic N) is 4. The number of hydrogen-bond acceptors (Lipinski definition) is 5. The second-order valence-electron chi connectivity index (χ2n) is 5.51. The highest BCUT2D eigenvalue weighted by atomic mass is 16.4. The molecule has 6 heteroatoms. The van der Waals surface area contributed by atoms with E-state index < -0.39 is 5.97 Å². The van der Waals surface area contributed by atoms with Gasteiger partial charge in [-0.3, -0.25) is 9.69 Å². The van der Waals surface area contributed by atoms with Gasteiger partial charge in [-0.15, -0.1) is 0 Å². The summed E-state index contributed by atoms with van der Waals surface area (Å²) in [5.74, 6) is -0.0517. The van der Waals surface area contributed by atoms with Crippen LogP contribution in [0.3, 0.4) is 0 Å². The molecule has 2 unspecified atom stereocenters. The maximum atomic E-state index is 11.3. The highest BCUT2D eigenvalue weighted by Gasteiger charge is 2.37. The van der Waals surface area contributed by atoms with Crippen LogP contribution < -0.4 is 4.90 Å². The van der Waals surface area contributed by atoms with Gasteiger partial charge in [-0.05, 0) is 18.9 Å². The monoisotopic (exact) mass is 276 g/mol. The van der Waals surface area contributed by atoms with Gasteiger partial charge in [0.25, 0.3) is 0 Å². The Morgan fingerprint density at radius 3 is 2.50 bits per heavy atom. The van der Waals surface area contributed by atoms with Gasteiger partial charge in [0.2, 0.25) is 5.95 Å². The lowest BCUT2D eigenvalue weighted by Gasteiger charge is -2.39. The van der Waals surface area contributed by atoms with Crippen LogP contribution in [0.5, 0.6) is 0 Å². The van der Waals surface area contributed by atoms with Crippen molar-refractivity contribution in [3.05, 3.63) is 18.5 Å². The van der Waals surface area contributed by atoms with Gasteiger partial charge in [-0.25, -0.2) is 9.97 Å². The van der Waals surface area contributed by atoms with Gasteiger partial charge in [0.05, 0.1) is 5.92 Å². The average molecular weight is 276 g/mol. The molecule has 6 nitrogen and oxygen atoms in total. The highest BCUT2D eigenvalue weighted by Crippen LogP contribution is 2.31. The summed E-state index contributed by atoms with van der Waals surface area (Å²) in [7, 11) is 0. The summed E-state index contributed by atoms with van der Waals surface area (Å²) in [4.78, 5) is 24.3. The van der Waals surface area contributed by atoms with Crippen LogP contribution in [0.2, 0.25) is 0 Å². The predicted octanol–water partition coefficient (Wildman–Crippen LogP) is 0.852. The number of carboxylic acid groups (broad SMARTS) is 1. The van der Waals surface area contributed by atoms with Crippen molar-refractivity contribution < 1.29 is 9.90 Å². The number of carboxylic acids is 1. The minimum atomic E-state index is -0.638. The average Bonchev–Trinajstić information content (AvgIpc) is 2.98. The number of anilines is 1. The van der Waals surface area contributed by atoms with Crippen molar-refractivity contribution in [3.63, 3.8) is 0 Å². The lowest BCUT2D eigenvalue weighted by atomic mass is 10.0. The topological polar surface area (TPSA) is 69.6 Å². The van der Waals surface area contributed by atoms with Crippen LogP contribution in [0.1, 0.15) is 19.3 Å². The fraction of sp³-hybridized carbons (Fsp3) is 0.643. The molecule has 20 heavy (non-hydrogen) atoms. The zero-order valence-electron chi connectivity index (χ0n) is 11.5. The minimum absolute atomic E-state index is 0.186. The Labute approximate surface area is 118 Å². The first-order valence-corrected chi connectivity index (χ1v) is 7.24. The van der Waals surface area contributed by atoms with Crippen LogP contribution in [0.4, 0.5) is 5.95 Å². The maximum absolute atomic E-state index is 11.3. The molecule has 108 valence electrons. The molecule has 0 spiro atoms. The number of aromatic nitrogens is 2. The van der Waals surface area contributed by atoms with Gasteiger partial charge in [0, 0.05) is 44.6 Å². The van der Waals surface area contributed by atoms with E-state index in [1.807, 2.05) is 6.07 Å². The van der Waals surface area contributed by atoms with E-state index in [0.29, 0.717) is 0 Å². The largest absolute Gasteiger partial charge is 0.481 e. The number of aliphatic carboxylic acids is 1. The first kappa shape index (κ1) is 13.3. The van der Waals surface area contributed by atoms with Crippen molar-refractivity contribution >= 4 is 11.9 Å². The van der Waals surface area contributed by atoms with Gasteiger partial charge in [-0.2, -0.15) is 0 Å². The van der Waals surface area contributed by atoms with Gasteiger partial charge in [0.15, 0.2) is 0 Å². The van der Waals surface area contributed by atoms with Crippen LogP contribution in [0.25, 0.3) is 0 Å². The fourth-order valence-electron chi connectivity index (χ4n) is 3.37. The van der Waals surface area contributed by atoms with Crippen LogP contribution in [0, 0.1) is 5.92 Å². The molecular formula is C14H20N4O2. The van der Waals surface area contributed by atoms with Crippen molar-refractivity contribution in [1.82, 2.24) is 14.9 Å². The molecule has 2 atom stereocenters. The summed E-state index contributed by atoms with van der Waals surface area (Å²) in [6, 6.07) is 2.03. The zero-order chi connectivity index (χ0) is 13.9. The van der Waals surface area contributed by atoms with Crippen molar-refractivity contribution in [2.24, 2.45) is 5.92 Å². The summed E-state index contributed by atoms with van der Waals surface area (Å²) < 4.78 is 0. The Morgan fingerprint density at radius 1 is 1.15 bits per heavy atom. The van der Waals surface area contributed by atoms with Crippen molar-refractivity contribution in [3.8, 4) is 0 Å². The van der Waals surface area contributed by atoms with Gasteiger partial charge >= 0.3 is 5.97 Å². The Balaban J connectivity index is 1.60. The van der Waals surface area contributed by atoms with Crippen LogP contribution in [-0.4, -0.2) is 58.2 Å². The molecule has 1 aromatic rings. The van der Waals surface area contributed by atoms with Crippen LogP contribution in [-0.2, 0) is 4.79 Å². The molecule has 1 aliphatic carbocycles. The summed E-state index contributed by atoms with van der Waals surface area (Å²) in [5.41, 5.74) is 0. The Kier molecular flexibility index (Phi) is 3.82. The number of rotatable bonds is 3. The van der Waals surface area contributed by atoms with E-state index in [0.717, 1.165) is 51.4 Å². The van der Waals surface area contributed by atoms with E-state index >= 15 is 0 Å². The Morgan fingerprint density at radius 2 is 1.85 bits per heavy atom. The first-order chi connectivity index (χ1) is 9.75. The van der Waals surface area contributed by atoms with Crippen molar-refractivity contribution in [1.29, 1.82) is 0 Å². The molecule has 2 fully saturated rings. The van der Waals surface area contributed by atoms with E-state index in [2.05, 4.69) is 19.8 Å². The molecule has 0 amide bonds. The number of piperazine rings is 1. The first-order valence-electron chi connectivity index (χ1n) is 7.24. The number of carbonyl (C=O) groups is 1. The molecule has 0 bridgehead atoms. The third-order valence-electron chi connectivity index (χ3n) is 4.41. The van der Waals surface area contributed by atoms with Crippen LogP contribution >= 0.6 is 0 Å². The molecule has 1 aromatic heterocycles. The fourth-order valence-corrected chi connectivity index (χ4v) is 3.37. The predicted molar refractivity (Wildman–Crippen MR) is 74.6 cm³/mol. The number of hydrogen-bond donors (Lipinski definition) is 1. The minimum Gasteiger partial charge on any atom is -0.481 e. The second-order valence-corrected chi connectivity index (χ2v) is 5.51. The third kappa shape index (κ3) is 2.60. The lowest BCUT2D eigenvalue weighted by molar-refractivity contribution is -0.143. The molecule has 1 saturated heterocycles. The molecule has 0 radical (unpaired) electrons. The van der Waals surface area contributed by atoms with Gasteiger partial charge < -0.3 is 10.0 Å². The van der Waals surface area contributed by atoms with Gasteiger partial charge in [0.1, 0.15) is 0 Å². The Bertz CT molecular complexity index is 460. The SMILES string of the molecule is O=C(O)C1CCCC1N1CCN(c2ncccn2)CC1. The van der Waals surface area contributed by atoms with E-state index in [9.17, 15) is 9.90 Å². The van der Waals surface area contributed by atoms with E-state index in [1.165, 1.54) is 0 Å². The molecule has 1 aliphatic heterocycles. The summed E-state index contributed by atoms with van der Waals surface area (Å²) in [6.07, 6.45) is 6.38. The second kappa shape index (κ2) is 5.75. The zero-order valence-corrected chi connectivity index (χ0v) is 11.5. The molecular weight excluding hydrogens is 256 g/mol. The summed E-state index contributed by atoms with van der Waals surface area (Å²) in [5, 5.41) is 9.29. The molecule has 0 aromatic carbocycles. The third-order valence-corrected chi connectivity index (χ3v) is 4.41. The summed E-state index contributed by atoms with van der Waals surface area (Å²) in [6.45, 7) is 3.53. The quantitative estimate of drug-likeness (QED) is 0.882. The van der Waals surface area contributed by atoms with E-state index in [4.69, 9.17) is 0 Å². The summed E-state index contributed by atoms with van der Waals surface area (Å²) >= 11 is 0. The maximum Gasteiger partial charge on any atom is 0.308 e. The molecule has 1 N–H and O–H groups in total. The molecule has 1 saturated carbocycles. The molecule has 2 aliphatic rings. The molecule has 3 rings (SSSR count).